The van der Waals surface area contributed by atoms with Gasteiger partial charge in [0.1, 0.15) is 0 Å². The third-order valence-corrected chi connectivity index (χ3v) is 4.43. The van der Waals surface area contributed by atoms with Crippen LogP contribution in [0.2, 0.25) is 0 Å². The monoisotopic (exact) mass is 324 g/mol. The zero-order valence-electron chi connectivity index (χ0n) is 11.6. The molecule has 0 bridgehead atoms. The summed E-state index contributed by atoms with van der Waals surface area (Å²) in [5.41, 5.74) is 0.694. The van der Waals surface area contributed by atoms with Crippen molar-refractivity contribution in [1.29, 1.82) is 0 Å². The Morgan fingerprint density at radius 1 is 1.32 bits per heavy atom. The van der Waals surface area contributed by atoms with E-state index in [4.69, 9.17) is 0 Å². The first-order chi connectivity index (χ1) is 9.00. The number of benzene rings is 1. The van der Waals surface area contributed by atoms with Crippen molar-refractivity contribution >= 4 is 21.7 Å². The van der Waals surface area contributed by atoms with Crippen LogP contribution in [0.15, 0.2) is 28.7 Å². The summed E-state index contributed by atoms with van der Waals surface area (Å²) < 4.78 is 0.885. The maximum Gasteiger partial charge on any atom is 0.165 e. The first kappa shape index (κ1) is 14.7. The van der Waals surface area contributed by atoms with Gasteiger partial charge in [0.2, 0.25) is 0 Å². The highest BCUT2D eigenvalue weighted by atomic mass is 79.9. The SMILES string of the molecule is CC(C)(CC(=O)c1ccccc1Br)N1CCNCC1. The third-order valence-electron chi connectivity index (χ3n) is 3.74. The van der Waals surface area contributed by atoms with E-state index in [-0.39, 0.29) is 11.3 Å². The molecule has 4 heteroatoms. The standard InChI is InChI=1S/C15H21BrN2O/c1-15(2,18-9-7-17-8-10-18)11-14(19)12-5-3-4-6-13(12)16/h3-6,17H,7-11H2,1-2H3. The Balaban J connectivity index is 2.07. The molecule has 1 aliphatic rings. The van der Waals surface area contributed by atoms with E-state index in [0.29, 0.717) is 6.42 Å². The van der Waals surface area contributed by atoms with Crippen molar-refractivity contribution in [3.8, 4) is 0 Å². The van der Waals surface area contributed by atoms with E-state index in [9.17, 15) is 4.79 Å². The summed E-state index contributed by atoms with van der Waals surface area (Å²) in [6.45, 7) is 8.35. The molecule has 0 unspecified atom stereocenters. The molecule has 1 fully saturated rings. The van der Waals surface area contributed by atoms with Gasteiger partial charge in [0.15, 0.2) is 5.78 Å². The van der Waals surface area contributed by atoms with Crippen molar-refractivity contribution < 1.29 is 4.79 Å². The van der Waals surface area contributed by atoms with Gasteiger partial charge in [-0.3, -0.25) is 9.69 Å². The second-order valence-electron chi connectivity index (χ2n) is 5.63. The van der Waals surface area contributed by atoms with Gasteiger partial charge in [-0.15, -0.1) is 0 Å². The van der Waals surface area contributed by atoms with E-state index < -0.39 is 0 Å². The molecule has 1 N–H and O–H groups in total. The molecule has 1 aliphatic heterocycles. The lowest BCUT2D eigenvalue weighted by Crippen LogP contribution is -2.54. The fourth-order valence-corrected chi connectivity index (χ4v) is 3.06. The average molecular weight is 325 g/mol. The second kappa shape index (κ2) is 6.16. The van der Waals surface area contributed by atoms with Crippen molar-refractivity contribution in [3.63, 3.8) is 0 Å². The first-order valence-electron chi connectivity index (χ1n) is 6.74. The number of rotatable bonds is 4. The van der Waals surface area contributed by atoms with E-state index in [1.807, 2.05) is 24.3 Å². The van der Waals surface area contributed by atoms with Crippen LogP contribution in [0.4, 0.5) is 0 Å². The summed E-state index contributed by atoms with van der Waals surface area (Å²) in [4.78, 5) is 14.9. The maximum atomic E-state index is 12.5. The van der Waals surface area contributed by atoms with Crippen LogP contribution in [0.25, 0.3) is 0 Å². The largest absolute Gasteiger partial charge is 0.314 e. The normalized spacial score (nSPS) is 17.4. The van der Waals surface area contributed by atoms with E-state index in [0.717, 1.165) is 36.2 Å². The van der Waals surface area contributed by atoms with Crippen molar-refractivity contribution in [2.24, 2.45) is 0 Å². The highest BCUT2D eigenvalue weighted by Gasteiger charge is 2.30. The second-order valence-corrected chi connectivity index (χ2v) is 6.48. The van der Waals surface area contributed by atoms with Crippen LogP contribution in [0, 0.1) is 0 Å². The van der Waals surface area contributed by atoms with Crippen LogP contribution in [0.5, 0.6) is 0 Å². The first-order valence-corrected chi connectivity index (χ1v) is 7.53. The van der Waals surface area contributed by atoms with Crippen molar-refractivity contribution in [3.05, 3.63) is 34.3 Å². The van der Waals surface area contributed by atoms with Gasteiger partial charge in [-0.05, 0) is 19.9 Å². The molecular weight excluding hydrogens is 304 g/mol. The number of nitrogens with one attached hydrogen (secondary N) is 1. The molecule has 19 heavy (non-hydrogen) atoms. The number of carbonyl (C=O) groups is 1. The Bertz CT molecular complexity index is 453. The number of hydrogen-bond donors (Lipinski definition) is 1. The van der Waals surface area contributed by atoms with Crippen molar-refractivity contribution in [2.75, 3.05) is 26.2 Å². The molecule has 1 heterocycles. The molecule has 0 atom stereocenters. The number of Topliss-reactive ketones (excluding diaryl/α,β-unsaturated/α-hetero) is 1. The van der Waals surface area contributed by atoms with E-state index >= 15 is 0 Å². The number of ketones is 1. The fourth-order valence-electron chi connectivity index (χ4n) is 2.56. The summed E-state index contributed by atoms with van der Waals surface area (Å²) in [5.74, 6) is 0.205. The minimum absolute atomic E-state index is 0.0888. The molecular formula is C15H21BrN2O. The van der Waals surface area contributed by atoms with E-state index in [2.05, 4.69) is 40.0 Å². The molecule has 0 aliphatic carbocycles. The molecule has 0 saturated carbocycles. The van der Waals surface area contributed by atoms with Gasteiger partial charge in [-0.25, -0.2) is 0 Å². The highest BCUT2D eigenvalue weighted by molar-refractivity contribution is 9.10. The molecule has 2 rings (SSSR count). The summed E-state index contributed by atoms with van der Waals surface area (Å²) in [6, 6.07) is 7.66. The van der Waals surface area contributed by atoms with Gasteiger partial charge in [-0.1, -0.05) is 34.1 Å². The van der Waals surface area contributed by atoms with Crippen LogP contribution < -0.4 is 5.32 Å². The summed E-state index contributed by atoms with van der Waals surface area (Å²) in [5, 5.41) is 3.35. The maximum absolute atomic E-state index is 12.5. The Morgan fingerprint density at radius 3 is 2.58 bits per heavy atom. The molecule has 0 radical (unpaired) electrons. The van der Waals surface area contributed by atoms with Crippen LogP contribution in [-0.4, -0.2) is 42.4 Å². The molecule has 3 nitrogen and oxygen atoms in total. The molecule has 1 aromatic rings. The number of carbonyl (C=O) groups excluding carboxylic acids is 1. The summed E-state index contributed by atoms with van der Waals surface area (Å²) in [6.07, 6.45) is 0.551. The van der Waals surface area contributed by atoms with Gasteiger partial charge < -0.3 is 5.32 Å². The Labute approximate surface area is 123 Å². The molecule has 0 aromatic heterocycles. The zero-order valence-corrected chi connectivity index (χ0v) is 13.2. The zero-order chi connectivity index (χ0) is 13.9. The van der Waals surface area contributed by atoms with E-state index in [1.165, 1.54) is 0 Å². The Hall–Kier alpha value is -0.710. The fraction of sp³-hybridized carbons (Fsp3) is 0.533. The topological polar surface area (TPSA) is 32.3 Å². The molecule has 0 amide bonds. The summed E-state index contributed by atoms with van der Waals surface area (Å²) >= 11 is 3.46. The number of hydrogen-bond acceptors (Lipinski definition) is 3. The van der Waals surface area contributed by atoms with Gasteiger partial charge in [0, 0.05) is 48.2 Å². The molecule has 104 valence electrons. The van der Waals surface area contributed by atoms with Crippen LogP contribution in [-0.2, 0) is 0 Å². The number of halogens is 1. The van der Waals surface area contributed by atoms with Crippen LogP contribution in [0.3, 0.4) is 0 Å². The number of nitrogens with zero attached hydrogens (tertiary/aromatic N) is 1. The highest BCUT2D eigenvalue weighted by Crippen LogP contribution is 2.25. The molecule has 0 spiro atoms. The average Bonchev–Trinajstić information content (AvgIpc) is 2.39. The van der Waals surface area contributed by atoms with Crippen LogP contribution >= 0.6 is 15.9 Å². The number of piperazine rings is 1. The Kier molecular flexibility index (Phi) is 4.76. The molecule has 1 aromatic carbocycles. The summed E-state index contributed by atoms with van der Waals surface area (Å²) in [7, 11) is 0. The minimum atomic E-state index is -0.0888. The van der Waals surface area contributed by atoms with Gasteiger partial charge >= 0.3 is 0 Å². The van der Waals surface area contributed by atoms with Gasteiger partial charge in [0.05, 0.1) is 0 Å². The van der Waals surface area contributed by atoms with Crippen LogP contribution in [0.1, 0.15) is 30.6 Å². The lowest BCUT2D eigenvalue weighted by Gasteiger charge is -2.41. The predicted octanol–water partition coefficient (Wildman–Crippen LogP) is 2.71. The third kappa shape index (κ3) is 3.65. The van der Waals surface area contributed by atoms with Crippen molar-refractivity contribution in [2.45, 2.75) is 25.8 Å². The lowest BCUT2D eigenvalue weighted by molar-refractivity contribution is 0.0729. The van der Waals surface area contributed by atoms with E-state index in [1.54, 1.807) is 0 Å². The van der Waals surface area contributed by atoms with Gasteiger partial charge in [0.25, 0.3) is 0 Å². The Morgan fingerprint density at radius 2 is 1.95 bits per heavy atom. The predicted molar refractivity (Wildman–Crippen MR) is 81.6 cm³/mol. The smallest absolute Gasteiger partial charge is 0.165 e. The minimum Gasteiger partial charge on any atom is -0.314 e. The quantitative estimate of drug-likeness (QED) is 0.864. The lowest BCUT2D eigenvalue weighted by atomic mass is 9.92. The molecule has 1 saturated heterocycles. The van der Waals surface area contributed by atoms with Crippen molar-refractivity contribution in [1.82, 2.24) is 10.2 Å². The van der Waals surface area contributed by atoms with Gasteiger partial charge in [-0.2, -0.15) is 0 Å².